The Morgan fingerprint density at radius 3 is 2.44 bits per heavy atom. The summed E-state index contributed by atoms with van der Waals surface area (Å²) in [4.78, 5) is 26.6. The molecule has 0 atom stereocenters. The summed E-state index contributed by atoms with van der Waals surface area (Å²) in [5.41, 5.74) is 2.52. The van der Waals surface area contributed by atoms with Crippen molar-refractivity contribution in [1.29, 1.82) is 0 Å². The number of carbonyl (C=O) groups excluding carboxylic acids is 2. The standard InChI is InChI=1S/C23H28N2O2/c1-18(26)20-11-8-12-21(15-20)24-23(27)17-25(22-13-6-3-7-14-22)16-19-9-4-2-5-10-19/h2,4-5,8-12,15,22H,3,6-7,13-14,16-17H2,1H3,(H,24,27). The molecule has 0 radical (unpaired) electrons. The van der Waals surface area contributed by atoms with Crippen LogP contribution >= 0.6 is 0 Å². The second-order valence-corrected chi connectivity index (χ2v) is 7.37. The normalized spacial score (nSPS) is 14.9. The minimum atomic E-state index is -0.0304. The third-order valence-corrected chi connectivity index (χ3v) is 5.22. The fourth-order valence-corrected chi connectivity index (χ4v) is 3.78. The molecule has 4 nitrogen and oxygen atoms in total. The van der Waals surface area contributed by atoms with Crippen molar-refractivity contribution < 1.29 is 9.59 Å². The third kappa shape index (κ3) is 5.76. The molecule has 0 aliphatic heterocycles. The predicted molar refractivity (Wildman–Crippen MR) is 109 cm³/mol. The first-order chi connectivity index (χ1) is 13.1. The Hall–Kier alpha value is -2.46. The zero-order valence-corrected chi connectivity index (χ0v) is 16.0. The number of rotatable bonds is 7. The van der Waals surface area contributed by atoms with Crippen molar-refractivity contribution in [2.75, 3.05) is 11.9 Å². The van der Waals surface area contributed by atoms with E-state index in [9.17, 15) is 9.59 Å². The summed E-state index contributed by atoms with van der Waals surface area (Å²) >= 11 is 0. The first-order valence-electron chi connectivity index (χ1n) is 9.80. The van der Waals surface area contributed by atoms with Crippen LogP contribution in [-0.4, -0.2) is 29.2 Å². The molecule has 2 aromatic carbocycles. The van der Waals surface area contributed by atoms with Gasteiger partial charge in [0.25, 0.3) is 0 Å². The molecule has 0 aromatic heterocycles. The lowest BCUT2D eigenvalue weighted by Gasteiger charge is -2.34. The molecule has 1 saturated carbocycles. The maximum atomic E-state index is 12.7. The summed E-state index contributed by atoms with van der Waals surface area (Å²) < 4.78 is 0. The van der Waals surface area contributed by atoms with Gasteiger partial charge in [-0.3, -0.25) is 14.5 Å². The van der Waals surface area contributed by atoms with E-state index in [1.54, 1.807) is 18.2 Å². The largest absolute Gasteiger partial charge is 0.325 e. The Morgan fingerprint density at radius 1 is 1.00 bits per heavy atom. The van der Waals surface area contributed by atoms with Gasteiger partial charge in [0, 0.05) is 23.8 Å². The van der Waals surface area contributed by atoms with Crippen LogP contribution in [0.2, 0.25) is 0 Å². The highest BCUT2D eigenvalue weighted by Crippen LogP contribution is 2.24. The number of carbonyl (C=O) groups is 2. The lowest BCUT2D eigenvalue weighted by molar-refractivity contribution is -0.118. The van der Waals surface area contributed by atoms with Gasteiger partial charge in [-0.05, 0) is 37.5 Å². The Kier molecular flexibility index (Phi) is 6.77. The smallest absolute Gasteiger partial charge is 0.238 e. The van der Waals surface area contributed by atoms with Crippen molar-refractivity contribution in [2.24, 2.45) is 0 Å². The molecule has 1 amide bonds. The Labute approximate surface area is 161 Å². The van der Waals surface area contributed by atoms with Gasteiger partial charge in [-0.15, -0.1) is 0 Å². The summed E-state index contributed by atoms with van der Waals surface area (Å²) in [5.74, 6) is -0.0313. The van der Waals surface area contributed by atoms with Gasteiger partial charge in [-0.25, -0.2) is 0 Å². The highest BCUT2D eigenvalue weighted by molar-refractivity contribution is 5.97. The van der Waals surface area contributed by atoms with Crippen molar-refractivity contribution in [1.82, 2.24) is 4.90 Å². The molecule has 1 fully saturated rings. The molecule has 0 unspecified atom stereocenters. The van der Waals surface area contributed by atoms with E-state index in [-0.39, 0.29) is 11.7 Å². The molecule has 27 heavy (non-hydrogen) atoms. The van der Waals surface area contributed by atoms with E-state index in [4.69, 9.17) is 0 Å². The third-order valence-electron chi connectivity index (χ3n) is 5.22. The number of nitrogens with one attached hydrogen (secondary N) is 1. The molecule has 0 saturated heterocycles. The van der Waals surface area contributed by atoms with Crippen LogP contribution in [0.15, 0.2) is 54.6 Å². The van der Waals surface area contributed by atoms with Gasteiger partial charge in [0.2, 0.25) is 5.91 Å². The van der Waals surface area contributed by atoms with E-state index in [2.05, 4.69) is 22.3 Å². The second-order valence-electron chi connectivity index (χ2n) is 7.37. The second kappa shape index (κ2) is 9.47. The zero-order chi connectivity index (χ0) is 19.1. The SMILES string of the molecule is CC(=O)c1cccc(NC(=O)CN(Cc2ccccc2)C2CCCCC2)c1. The molecule has 1 aliphatic carbocycles. The van der Waals surface area contributed by atoms with Gasteiger partial charge in [0.1, 0.15) is 0 Å². The molecule has 142 valence electrons. The number of anilines is 1. The number of hydrogen-bond donors (Lipinski definition) is 1. The summed E-state index contributed by atoms with van der Waals surface area (Å²) in [6.07, 6.45) is 6.07. The number of amides is 1. The maximum absolute atomic E-state index is 12.7. The van der Waals surface area contributed by atoms with E-state index >= 15 is 0 Å². The van der Waals surface area contributed by atoms with Gasteiger partial charge >= 0.3 is 0 Å². The molecular weight excluding hydrogens is 336 g/mol. The van der Waals surface area contributed by atoms with Crippen LogP contribution < -0.4 is 5.32 Å². The van der Waals surface area contributed by atoms with E-state index in [1.807, 2.05) is 24.3 Å². The highest BCUT2D eigenvalue weighted by Gasteiger charge is 2.23. The summed E-state index contributed by atoms with van der Waals surface area (Å²) in [6.45, 7) is 2.68. The van der Waals surface area contributed by atoms with E-state index < -0.39 is 0 Å². The van der Waals surface area contributed by atoms with Crippen LogP contribution in [0.4, 0.5) is 5.69 Å². The van der Waals surface area contributed by atoms with Crippen LogP contribution in [0.5, 0.6) is 0 Å². The van der Waals surface area contributed by atoms with Gasteiger partial charge in [0.05, 0.1) is 6.54 Å². The first-order valence-corrected chi connectivity index (χ1v) is 9.80. The van der Waals surface area contributed by atoms with Crippen LogP contribution in [0.25, 0.3) is 0 Å². The van der Waals surface area contributed by atoms with Crippen molar-refractivity contribution >= 4 is 17.4 Å². The molecule has 0 heterocycles. The minimum Gasteiger partial charge on any atom is -0.325 e. The molecule has 0 spiro atoms. The van der Waals surface area contributed by atoms with E-state index in [0.29, 0.717) is 23.8 Å². The Morgan fingerprint density at radius 2 is 1.74 bits per heavy atom. The van der Waals surface area contributed by atoms with E-state index in [1.165, 1.54) is 31.7 Å². The predicted octanol–water partition coefficient (Wildman–Crippen LogP) is 4.66. The fourth-order valence-electron chi connectivity index (χ4n) is 3.78. The van der Waals surface area contributed by atoms with Crippen molar-refractivity contribution in [3.05, 3.63) is 65.7 Å². The molecule has 1 aliphatic rings. The van der Waals surface area contributed by atoms with Crippen LogP contribution in [0.3, 0.4) is 0 Å². The average Bonchev–Trinajstić information content (AvgIpc) is 2.69. The monoisotopic (exact) mass is 364 g/mol. The average molecular weight is 364 g/mol. The molecular formula is C23H28N2O2. The van der Waals surface area contributed by atoms with Gasteiger partial charge in [0.15, 0.2) is 5.78 Å². The quantitative estimate of drug-likeness (QED) is 0.727. The van der Waals surface area contributed by atoms with Crippen molar-refractivity contribution in [3.63, 3.8) is 0 Å². The molecule has 0 bridgehead atoms. The number of nitrogens with zero attached hydrogens (tertiary/aromatic N) is 1. The minimum absolute atomic E-state index is 0.000918. The van der Waals surface area contributed by atoms with Gasteiger partial charge < -0.3 is 5.32 Å². The summed E-state index contributed by atoms with van der Waals surface area (Å²) in [7, 11) is 0. The number of ketones is 1. The first kappa shape index (κ1) is 19.3. The molecule has 4 heteroatoms. The summed E-state index contributed by atoms with van der Waals surface area (Å²) in [6, 6.07) is 17.9. The number of benzene rings is 2. The van der Waals surface area contributed by atoms with Gasteiger partial charge in [-0.1, -0.05) is 61.7 Å². The molecule has 3 rings (SSSR count). The van der Waals surface area contributed by atoms with Crippen molar-refractivity contribution in [2.45, 2.75) is 51.6 Å². The Bertz CT molecular complexity index is 767. The maximum Gasteiger partial charge on any atom is 0.238 e. The topological polar surface area (TPSA) is 49.4 Å². The zero-order valence-electron chi connectivity index (χ0n) is 16.0. The molecule has 1 N–H and O–H groups in total. The fraction of sp³-hybridized carbons (Fsp3) is 0.391. The highest BCUT2D eigenvalue weighted by atomic mass is 16.2. The van der Waals surface area contributed by atoms with Gasteiger partial charge in [-0.2, -0.15) is 0 Å². The van der Waals surface area contributed by atoms with E-state index in [0.717, 1.165) is 19.4 Å². The van der Waals surface area contributed by atoms with Crippen LogP contribution in [0, 0.1) is 0 Å². The van der Waals surface area contributed by atoms with Crippen LogP contribution in [0.1, 0.15) is 54.9 Å². The lowest BCUT2D eigenvalue weighted by atomic mass is 9.93. The molecule has 2 aromatic rings. The lowest BCUT2D eigenvalue weighted by Crippen LogP contribution is -2.41. The van der Waals surface area contributed by atoms with Crippen LogP contribution in [-0.2, 0) is 11.3 Å². The summed E-state index contributed by atoms with van der Waals surface area (Å²) in [5, 5.41) is 2.96. The Balaban J connectivity index is 1.67. The number of hydrogen-bond acceptors (Lipinski definition) is 3. The van der Waals surface area contributed by atoms with Crippen molar-refractivity contribution in [3.8, 4) is 0 Å². The number of Topliss-reactive ketones (excluding diaryl/α,β-unsaturated/α-hetero) is 1.